The molecule has 0 bridgehead atoms. The maximum Gasteiger partial charge on any atom is 0.251 e. The van der Waals surface area contributed by atoms with E-state index in [9.17, 15) is 14.4 Å². The zero-order chi connectivity index (χ0) is 19.5. The molecule has 7 heteroatoms. The third-order valence-electron chi connectivity index (χ3n) is 3.54. The second-order valence-corrected chi connectivity index (χ2v) is 6.83. The Morgan fingerprint density at radius 2 is 1.56 bits per heavy atom. The van der Waals surface area contributed by atoms with Gasteiger partial charge < -0.3 is 16.0 Å². The highest BCUT2D eigenvalue weighted by Gasteiger charge is 2.06. The van der Waals surface area contributed by atoms with Gasteiger partial charge in [-0.3, -0.25) is 14.4 Å². The molecule has 0 unspecified atom stereocenters. The standard InChI is InChI=1S/C20H23N3O3S/c1-15(24)23-18-9-7-17(8-10-18)20(26)22-12-11-21-19(25)14-27-13-16-5-3-2-4-6-16/h2-10H,11-14H2,1H3,(H,21,25)(H,22,26)(H,23,24). The average molecular weight is 385 g/mol. The van der Waals surface area contributed by atoms with Crippen molar-refractivity contribution in [3.05, 3.63) is 65.7 Å². The van der Waals surface area contributed by atoms with Crippen molar-refractivity contribution in [3.8, 4) is 0 Å². The van der Waals surface area contributed by atoms with Crippen LogP contribution in [0.25, 0.3) is 0 Å². The molecule has 0 aliphatic rings. The summed E-state index contributed by atoms with van der Waals surface area (Å²) < 4.78 is 0. The van der Waals surface area contributed by atoms with Gasteiger partial charge in [0, 0.05) is 37.0 Å². The van der Waals surface area contributed by atoms with Crippen molar-refractivity contribution in [3.63, 3.8) is 0 Å². The van der Waals surface area contributed by atoms with E-state index in [4.69, 9.17) is 0 Å². The third kappa shape index (κ3) is 7.96. The SMILES string of the molecule is CC(=O)Nc1ccc(C(=O)NCCNC(=O)CSCc2ccccc2)cc1. The van der Waals surface area contributed by atoms with E-state index in [-0.39, 0.29) is 17.7 Å². The normalized spacial score (nSPS) is 10.1. The topological polar surface area (TPSA) is 87.3 Å². The van der Waals surface area contributed by atoms with Crippen LogP contribution in [-0.2, 0) is 15.3 Å². The highest BCUT2D eigenvalue weighted by atomic mass is 32.2. The molecule has 6 nitrogen and oxygen atoms in total. The Labute approximate surface area is 163 Å². The fourth-order valence-corrected chi connectivity index (χ4v) is 3.09. The average Bonchev–Trinajstić information content (AvgIpc) is 2.66. The van der Waals surface area contributed by atoms with Crippen molar-refractivity contribution < 1.29 is 14.4 Å². The molecule has 0 saturated carbocycles. The lowest BCUT2D eigenvalue weighted by Gasteiger charge is -2.08. The number of anilines is 1. The largest absolute Gasteiger partial charge is 0.354 e. The molecule has 0 aliphatic carbocycles. The van der Waals surface area contributed by atoms with Gasteiger partial charge >= 0.3 is 0 Å². The summed E-state index contributed by atoms with van der Waals surface area (Å²) in [6, 6.07) is 16.6. The summed E-state index contributed by atoms with van der Waals surface area (Å²) in [5.41, 5.74) is 2.32. The van der Waals surface area contributed by atoms with Gasteiger partial charge in [0.05, 0.1) is 5.75 Å². The first-order chi connectivity index (χ1) is 13.0. The predicted octanol–water partition coefficient (Wildman–Crippen LogP) is 2.42. The minimum atomic E-state index is -0.225. The summed E-state index contributed by atoms with van der Waals surface area (Å²) in [7, 11) is 0. The Morgan fingerprint density at radius 1 is 0.889 bits per heavy atom. The van der Waals surface area contributed by atoms with Crippen LogP contribution >= 0.6 is 11.8 Å². The molecule has 0 saturated heterocycles. The van der Waals surface area contributed by atoms with Crippen molar-refractivity contribution >= 4 is 35.2 Å². The van der Waals surface area contributed by atoms with Crippen LogP contribution in [0.4, 0.5) is 5.69 Å². The predicted molar refractivity (Wildman–Crippen MR) is 109 cm³/mol. The van der Waals surface area contributed by atoms with Crippen molar-refractivity contribution in [1.29, 1.82) is 0 Å². The van der Waals surface area contributed by atoms with Gasteiger partial charge in [-0.15, -0.1) is 11.8 Å². The number of rotatable bonds is 9. The van der Waals surface area contributed by atoms with E-state index < -0.39 is 0 Å². The molecule has 0 aromatic heterocycles. The molecule has 0 spiro atoms. The van der Waals surface area contributed by atoms with Crippen molar-refractivity contribution in [2.45, 2.75) is 12.7 Å². The number of carbonyl (C=O) groups excluding carboxylic acids is 3. The van der Waals surface area contributed by atoms with Crippen LogP contribution in [0, 0.1) is 0 Å². The van der Waals surface area contributed by atoms with E-state index in [1.807, 2.05) is 30.3 Å². The number of nitrogens with one attached hydrogen (secondary N) is 3. The van der Waals surface area contributed by atoms with E-state index in [0.717, 1.165) is 5.75 Å². The van der Waals surface area contributed by atoms with Gasteiger partial charge in [0.2, 0.25) is 11.8 Å². The fraction of sp³-hybridized carbons (Fsp3) is 0.250. The van der Waals surface area contributed by atoms with Crippen molar-refractivity contribution in [2.24, 2.45) is 0 Å². The summed E-state index contributed by atoms with van der Waals surface area (Å²) in [5, 5.41) is 8.18. The van der Waals surface area contributed by atoms with Crippen LogP contribution in [0.15, 0.2) is 54.6 Å². The summed E-state index contributed by atoms with van der Waals surface area (Å²) in [5.74, 6) is 0.735. The summed E-state index contributed by atoms with van der Waals surface area (Å²) >= 11 is 1.55. The Bertz CT molecular complexity index is 764. The van der Waals surface area contributed by atoms with E-state index in [0.29, 0.717) is 30.1 Å². The molecular weight excluding hydrogens is 362 g/mol. The molecule has 0 aliphatic heterocycles. The van der Waals surface area contributed by atoms with Gasteiger partial charge in [-0.05, 0) is 29.8 Å². The zero-order valence-electron chi connectivity index (χ0n) is 15.2. The highest BCUT2D eigenvalue weighted by molar-refractivity contribution is 7.99. The number of benzene rings is 2. The lowest BCUT2D eigenvalue weighted by Crippen LogP contribution is -2.35. The zero-order valence-corrected chi connectivity index (χ0v) is 16.0. The first-order valence-electron chi connectivity index (χ1n) is 8.59. The van der Waals surface area contributed by atoms with Crippen molar-refractivity contribution in [1.82, 2.24) is 10.6 Å². The minimum Gasteiger partial charge on any atom is -0.354 e. The molecule has 2 aromatic rings. The van der Waals surface area contributed by atoms with Gasteiger partial charge in [0.1, 0.15) is 0 Å². The Hall–Kier alpha value is -2.80. The first-order valence-corrected chi connectivity index (χ1v) is 9.74. The summed E-state index contributed by atoms with van der Waals surface area (Å²) in [4.78, 5) is 34.8. The maximum atomic E-state index is 12.0. The molecule has 2 aromatic carbocycles. The minimum absolute atomic E-state index is 0.0511. The van der Waals surface area contributed by atoms with Gasteiger partial charge in [0.15, 0.2) is 0 Å². The lowest BCUT2D eigenvalue weighted by molar-refractivity contribution is -0.118. The Kier molecular flexibility index (Phi) is 8.38. The van der Waals surface area contributed by atoms with Crippen LogP contribution in [0.3, 0.4) is 0 Å². The van der Waals surface area contributed by atoms with Gasteiger partial charge in [0.25, 0.3) is 5.91 Å². The molecule has 27 heavy (non-hydrogen) atoms. The molecular formula is C20H23N3O3S. The smallest absolute Gasteiger partial charge is 0.251 e. The molecule has 142 valence electrons. The molecule has 0 fully saturated rings. The Morgan fingerprint density at radius 3 is 2.22 bits per heavy atom. The van der Waals surface area contributed by atoms with Crippen molar-refractivity contribution in [2.75, 3.05) is 24.2 Å². The number of thioether (sulfide) groups is 1. The first kappa shape index (κ1) is 20.5. The second kappa shape index (κ2) is 11.0. The summed E-state index contributed by atoms with van der Waals surface area (Å²) in [6.07, 6.45) is 0. The summed E-state index contributed by atoms with van der Waals surface area (Å²) in [6.45, 7) is 2.15. The molecule has 0 heterocycles. The number of hydrogen-bond donors (Lipinski definition) is 3. The van der Waals surface area contributed by atoms with E-state index >= 15 is 0 Å². The lowest BCUT2D eigenvalue weighted by atomic mass is 10.2. The van der Waals surface area contributed by atoms with Crippen LogP contribution < -0.4 is 16.0 Å². The highest BCUT2D eigenvalue weighted by Crippen LogP contribution is 2.11. The van der Waals surface area contributed by atoms with E-state index in [2.05, 4.69) is 16.0 Å². The van der Waals surface area contributed by atoms with Gasteiger partial charge in [-0.25, -0.2) is 0 Å². The van der Waals surface area contributed by atoms with Crippen LogP contribution in [0.1, 0.15) is 22.8 Å². The Balaban J connectivity index is 1.60. The van der Waals surface area contributed by atoms with Gasteiger partial charge in [-0.2, -0.15) is 0 Å². The van der Waals surface area contributed by atoms with Crippen LogP contribution in [0.5, 0.6) is 0 Å². The van der Waals surface area contributed by atoms with E-state index in [1.165, 1.54) is 12.5 Å². The molecule has 0 atom stereocenters. The molecule has 0 radical (unpaired) electrons. The second-order valence-electron chi connectivity index (χ2n) is 5.84. The number of carbonyl (C=O) groups is 3. The maximum absolute atomic E-state index is 12.0. The number of hydrogen-bond acceptors (Lipinski definition) is 4. The number of amides is 3. The van der Waals surface area contributed by atoms with Crippen LogP contribution in [-0.4, -0.2) is 36.6 Å². The third-order valence-corrected chi connectivity index (χ3v) is 4.55. The van der Waals surface area contributed by atoms with E-state index in [1.54, 1.807) is 36.0 Å². The molecule has 3 amide bonds. The molecule has 2 rings (SSSR count). The van der Waals surface area contributed by atoms with Crippen LogP contribution in [0.2, 0.25) is 0 Å². The quantitative estimate of drug-likeness (QED) is 0.579. The van der Waals surface area contributed by atoms with Gasteiger partial charge in [-0.1, -0.05) is 30.3 Å². The fourth-order valence-electron chi connectivity index (χ4n) is 2.28. The monoisotopic (exact) mass is 385 g/mol. The molecule has 3 N–H and O–H groups in total.